The summed E-state index contributed by atoms with van der Waals surface area (Å²) in [6.45, 7) is 0. The molecule has 2 N–H and O–H groups in total. The van der Waals surface area contributed by atoms with Crippen molar-refractivity contribution in [3.8, 4) is 5.75 Å². The van der Waals surface area contributed by atoms with Crippen molar-refractivity contribution < 1.29 is 14.3 Å². The van der Waals surface area contributed by atoms with E-state index in [1.807, 2.05) is 22.6 Å². The van der Waals surface area contributed by atoms with Crippen molar-refractivity contribution in [2.75, 3.05) is 0 Å². The third kappa shape index (κ3) is 3.53. The van der Waals surface area contributed by atoms with Gasteiger partial charge >= 0.3 is 0 Å². The molecule has 0 bridgehead atoms. The van der Waals surface area contributed by atoms with E-state index in [2.05, 4.69) is 10.5 Å². The lowest BCUT2D eigenvalue weighted by atomic mass is 10.2. The molecule has 0 aliphatic carbocycles. The third-order valence-corrected chi connectivity index (χ3v) is 3.33. The van der Waals surface area contributed by atoms with Crippen LogP contribution in [0.15, 0.2) is 47.6 Å². The summed E-state index contributed by atoms with van der Waals surface area (Å²) < 4.78 is 14.0. The quantitative estimate of drug-likeness (QED) is 0.486. The maximum atomic E-state index is 13.3. The van der Waals surface area contributed by atoms with Crippen molar-refractivity contribution >= 4 is 34.7 Å². The summed E-state index contributed by atoms with van der Waals surface area (Å²) >= 11 is 1.98. The van der Waals surface area contributed by atoms with Gasteiger partial charge in [-0.05, 0) is 58.5 Å². The third-order valence-electron chi connectivity index (χ3n) is 2.47. The normalized spacial score (nSPS) is 10.7. The lowest BCUT2D eigenvalue weighted by Crippen LogP contribution is -2.18. The van der Waals surface area contributed by atoms with Crippen molar-refractivity contribution in [2.45, 2.75) is 0 Å². The molecule has 0 radical (unpaired) electrons. The monoisotopic (exact) mass is 384 g/mol. The second-order valence-corrected chi connectivity index (χ2v) is 5.05. The number of aromatic hydroxyl groups is 1. The number of carbonyl (C=O) groups excluding carboxylic acids is 1. The molecule has 0 saturated carbocycles. The minimum absolute atomic E-state index is 0.0649. The number of benzene rings is 2. The maximum absolute atomic E-state index is 13.3. The Hall–Kier alpha value is -1.96. The largest absolute Gasteiger partial charge is 0.507 e. The van der Waals surface area contributed by atoms with Crippen LogP contribution in [0.4, 0.5) is 4.39 Å². The molecule has 102 valence electrons. The number of nitrogens with zero attached hydrogens (tertiary/aromatic N) is 1. The van der Waals surface area contributed by atoms with Crippen LogP contribution in [0.25, 0.3) is 0 Å². The minimum Gasteiger partial charge on any atom is -0.507 e. The van der Waals surface area contributed by atoms with Gasteiger partial charge in [0.15, 0.2) is 0 Å². The Labute approximate surface area is 128 Å². The summed E-state index contributed by atoms with van der Waals surface area (Å²) in [7, 11) is 0. The number of nitrogens with one attached hydrogen (secondary N) is 1. The first-order valence-corrected chi connectivity index (χ1v) is 6.72. The van der Waals surface area contributed by atoms with Gasteiger partial charge in [0.05, 0.1) is 15.3 Å². The van der Waals surface area contributed by atoms with Crippen LogP contribution in [0.2, 0.25) is 0 Å². The van der Waals surface area contributed by atoms with Crippen LogP contribution in [-0.4, -0.2) is 17.2 Å². The SMILES string of the molecule is O=C(N/N=C\c1ccc(O)c(I)c1)c1ccccc1F. The van der Waals surface area contributed by atoms with Crippen LogP contribution in [0.5, 0.6) is 5.75 Å². The number of hydrogen-bond acceptors (Lipinski definition) is 3. The summed E-state index contributed by atoms with van der Waals surface area (Å²) in [4.78, 5) is 11.7. The molecule has 0 saturated heterocycles. The first-order valence-electron chi connectivity index (χ1n) is 5.64. The van der Waals surface area contributed by atoms with E-state index >= 15 is 0 Å². The molecule has 20 heavy (non-hydrogen) atoms. The molecule has 0 unspecified atom stereocenters. The highest BCUT2D eigenvalue weighted by molar-refractivity contribution is 14.1. The molecule has 2 aromatic carbocycles. The average molecular weight is 384 g/mol. The highest BCUT2D eigenvalue weighted by Gasteiger charge is 2.09. The van der Waals surface area contributed by atoms with E-state index in [9.17, 15) is 14.3 Å². The van der Waals surface area contributed by atoms with Crippen LogP contribution in [0, 0.1) is 9.39 Å². The Morgan fingerprint density at radius 3 is 2.75 bits per heavy atom. The Morgan fingerprint density at radius 2 is 2.05 bits per heavy atom. The predicted octanol–water partition coefficient (Wildman–Crippen LogP) is 2.90. The van der Waals surface area contributed by atoms with Crippen LogP contribution in [0.3, 0.4) is 0 Å². The fraction of sp³-hybridized carbons (Fsp3) is 0. The smallest absolute Gasteiger partial charge is 0.274 e. The van der Waals surface area contributed by atoms with Gasteiger partial charge in [-0.2, -0.15) is 5.10 Å². The summed E-state index contributed by atoms with van der Waals surface area (Å²) in [6, 6.07) is 10.6. The van der Waals surface area contributed by atoms with E-state index in [-0.39, 0.29) is 11.3 Å². The first-order chi connectivity index (χ1) is 9.58. The Morgan fingerprint density at radius 1 is 1.30 bits per heavy atom. The number of phenols is 1. The molecule has 1 amide bonds. The molecule has 0 aliphatic rings. The molecule has 2 rings (SSSR count). The average Bonchev–Trinajstić information content (AvgIpc) is 2.43. The molecule has 6 heteroatoms. The van der Waals surface area contributed by atoms with Crippen molar-refractivity contribution in [3.05, 3.63) is 63.0 Å². The van der Waals surface area contributed by atoms with Crippen LogP contribution >= 0.6 is 22.6 Å². The molecular formula is C14H10FIN2O2. The Balaban J connectivity index is 2.05. The number of phenolic OH excluding ortho intramolecular Hbond substituents is 1. The maximum Gasteiger partial charge on any atom is 0.274 e. The number of rotatable bonds is 3. The second-order valence-electron chi connectivity index (χ2n) is 3.89. The van der Waals surface area contributed by atoms with Gasteiger partial charge in [-0.15, -0.1) is 0 Å². The summed E-state index contributed by atoms with van der Waals surface area (Å²) in [5, 5.41) is 13.1. The van der Waals surface area contributed by atoms with E-state index in [4.69, 9.17) is 0 Å². The predicted molar refractivity (Wildman–Crippen MR) is 82.3 cm³/mol. The summed E-state index contributed by atoms with van der Waals surface area (Å²) in [6.07, 6.45) is 1.42. The zero-order chi connectivity index (χ0) is 14.5. The van der Waals surface area contributed by atoms with Gasteiger partial charge in [0.1, 0.15) is 11.6 Å². The topological polar surface area (TPSA) is 61.7 Å². The van der Waals surface area contributed by atoms with E-state index in [0.717, 1.165) is 0 Å². The van der Waals surface area contributed by atoms with Gasteiger partial charge in [-0.25, -0.2) is 9.82 Å². The van der Waals surface area contributed by atoms with Crippen molar-refractivity contribution in [2.24, 2.45) is 5.10 Å². The van der Waals surface area contributed by atoms with E-state index in [1.165, 1.54) is 30.5 Å². The molecule has 0 spiro atoms. The lowest BCUT2D eigenvalue weighted by molar-refractivity contribution is 0.0951. The van der Waals surface area contributed by atoms with Crippen LogP contribution < -0.4 is 5.43 Å². The van der Waals surface area contributed by atoms with Crippen LogP contribution in [-0.2, 0) is 0 Å². The molecule has 0 aliphatic heterocycles. The van der Waals surface area contributed by atoms with Gasteiger partial charge in [0.2, 0.25) is 0 Å². The molecular weight excluding hydrogens is 374 g/mol. The highest BCUT2D eigenvalue weighted by Crippen LogP contribution is 2.19. The van der Waals surface area contributed by atoms with Gasteiger partial charge in [-0.1, -0.05) is 12.1 Å². The van der Waals surface area contributed by atoms with Gasteiger partial charge in [0.25, 0.3) is 5.91 Å². The standard InChI is InChI=1S/C14H10FIN2O2/c15-11-4-2-1-3-10(11)14(20)18-17-8-9-5-6-13(19)12(16)7-9/h1-8,19H,(H,18,20)/b17-8-. The van der Waals surface area contributed by atoms with Gasteiger partial charge in [-0.3, -0.25) is 4.79 Å². The van der Waals surface area contributed by atoms with E-state index < -0.39 is 11.7 Å². The summed E-state index contributed by atoms with van der Waals surface area (Å²) in [5.74, 6) is -1.04. The fourth-order valence-electron chi connectivity index (χ4n) is 1.47. The number of halogens is 2. The highest BCUT2D eigenvalue weighted by atomic mass is 127. The molecule has 4 nitrogen and oxygen atoms in total. The van der Waals surface area contributed by atoms with Gasteiger partial charge in [0, 0.05) is 0 Å². The number of hydrogen-bond donors (Lipinski definition) is 2. The number of amides is 1. The number of carbonyl (C=O) groups is 1. The van der Waals surface area contributed by atoms with Gasteiger partial charge < -0.3 is 5.11 Å². The fourth-order valence-corrected chi connectivity index (χ4v) is 2.01. The lowest BCUT2D eigenvalue weighted by Gasteiger charge is -2.01. The zero-order valence-corrected chi connectivity index (χ0v) is 12.3. The minimum atomic E-state index is -0.618. The molecule has 2 aromatic rings. The molecule has 0 atom stereocenters. The Kier molecular flexibility index (Phi) is 4.67. The van der Waals surface area contributed by atoms with Crippen molar-refractivity contribution in [1.29, 1.82) is 0 Å². The second kappa shape index (κ2) is 6.47. The van der Waals surface area contributed by atoms with Crippen molar-refractivity contribution in [1.82, 2.24) is 5.43 Å². The van der Waals surface area contributed by atoms with Crippen LogP contribution in [0.1, 0.15) is 15.9 Å². The molecule has 0 fully saturated rings. The molecule has 0 heterocycles. The van der Waals surface area contributed by atoms with E-state index in [0.29, 0.717) is 9.13 Å². The number of hydrazone groups is 1. The first kappa shape index (κ1) is 14.4. The van der Waals surface area contributed by atoms with E-state index in [1.54, 1.807) is 18.2 Å². The summed E-state index contributed by atoms with van der Waals surface area (Å²) in [5.41, 5.74) is 2.89. The molecule has 0 aromatic heterocycles. The Bertz CT molecular complexity index is 674. The zero-order valence-electron chi connectivity index (χ0n) is 10.2. The van der Waals surface area contributed by atoms with Crippen molar-refractivity contribution in [3.63, 3.8) is 0 Å².